The van der Waals surface area contributed by atoms with Gasteiger partial charge < -0.3 is 19.8 Å². The summed E-state index contributed by atoms with van der Waals surface area (Å²) in [6.45, 7) is 2.20. The second-order valence-electron chi connectivity index (χ2n) is 6.13. The molecule has 1 unspecified atom stereocenters. The fourth-order valence-electron chi connectivity index (χ4n) is 2.54. The molecule has 3 rings (SSSR count). The topological polar surface area (TPSA) is 106 Å². The number of carbonyl (C=O) groups excluding carboxylic acids is 2. The Kier molecular flexibility index (Phi) is 6.51. The molecule has 0 saturated carbocycles. The van der Waals surface area contributed by atoms with Crippen molar-refractivity contribution in [2.75, 3.05) is 12.4 Å². The maximum atomic E-state index is 12.5. The largest absolute Gasteiger partial charge is 0.469 e. The molecule has 28 heavy (non-hydrogen) atoms. The average Bonchev–Trinajstić information content (AvgIpc) is 3.34. The summed E-state index contributed by atoms with van der Waals surface area (Å²) >= 11 is 1.16. The minimum Gasteiger partial charge on any atom is -0.469 e. The molecule has 3 aromatic rings. The Morgan fingerprint density at radius 3 is 2.82 bits per heavy atom. The van der Waals surface area contributed by atoms with Gasteiger partial charge in [-0.2, -0.15) is 0 Å². The quantitative estimate of drug-likeness (QED) is 0.602. The molecule has 2 amide bonds. The van der Waals surface area contributed by atoms with Crippen molar-refractivity contribution in [2.45, 2.75) is 26.0 Å². The molecule has 0 aliphatic heterocycles. The molecule has 9 heteroatoms. The van der Waals surface area contributed by atoms with Crippen LogP contribution >= 0.6 is 11.3 Å². The van der Waals surface area contributed by atoms with Gasteiger partial charge in [-0.1, -0.05) is 17.4 Å². The molecule has 2 heterocycles. The molecule has 0 radical (unpaired) electrons. The zero-order valence-corrected chi connectivity index (χ0v) is 16.3. The second-order valence-corrected chi connectivity index (χ2v) is 7.19. The van der Waals surface area contributed by atoms with Crippen molar-refractivity contribution in [3.05, 3.63) is 64.0 Å². The van der Waals surface area contributed by atoms with E-state index in [1.54, 1.807) is 37.6 Å². The highest BCUT2D eigenvalue weighted by Gasteiger charge is 2.15. The first-order chi connectivity index (χ1) is 13.5. The number of furan rings is 1. The highest BCUT2D eigenvalue weighted by atomic mass is 32.1. The number of aromatic nitrogens is 2. The number of anilines is 1. The van der Waals surface area contributed by atoms with Gasteiger partial charge in [0.1, 0.15) is 10.8 Å². The SMILES string of the molecule is COCc1nnc(C(=O)Nc2cccc(C(=O)NC(C)Cc3ccco3)c2)s1. The predicted molar refractivity (Wildman–Crippen MR) is 104 cm³/mol. The Hall–Kier alpha value is -3.04. The molecule has 2 aromatic heterocycles. The zero-order valence-electron chi connectivity index (χ0n) is 15.5. The van der Waals surface area contributed by atoms with Crippen LogP contribution in [-0.2, 0) is 17.8 Å². The first-order valence-corrected chi connectivity index (χ1v) is 9.43. The smallest absolute Gasteiger partial charge is 0.286 e. The van der Waals surface area contributed by atoms with Crippen LogP contribution < -0.4 is 10.6 Å². The van der Waals surface area contributed by atoms with Gasteiger partial charge in [-0.25, -0.2) is 0 Å². The first-order valence-electron chi connectivity index (χ1n) is 8.61. The van der Waals surface area contributed by atoms with E-state index in [2.05, 4.69) is 20.8 Å². The van der Waals surface area contributed by atoms with Gasteiger partial charge in [0.25, 0.3) is 11.8 Å². The van der Waals surface area contributed by atoms with E-state index in [1.807, 2.05) is 19.1 Å². The lowest BCUT2D eigenvalue weighted by molar-refractivity contribution is 0.0938. The van der Waals surface area contributed by atoms with E-state index in [0.29, 0.717) is 29.3 Å². The monoisotopic (exact) mass is 400 g/mol. The lowest BCUT2D eigenvalue weighted by atomic mass is 10.1. The molecular weight excluding hydrogens is 380 g/mol. The molecule has 0 bridgehead atoms. The second kappa shape index (κ2) is 9.25. The summed E-state index contributed by atoms with van der Waals surface area (Å²) in [7, 11) is 1.55. The summed E-state index contributed by atoms with van der Waals surface area (Å²) in [5.74, 6) is 0.191. The van der Waals surface area contributed by atoms with Gasteiger partial charge in [0.05, 0.1) is 12.9 Å². The number of nitrogens with zero attached hydrogens (tertiary/aromatic N) is 2. The van der Waals surface area contributed by atoms with Crippen molar-refractivity contribution in [1.29, 1.82) is 0 Å². The van der Waals surface area contributed by atoms with Crippen LogP contribution in [-0.4, -0.2) is 35.2 Å². The Bertz CT molecular complexity index is 939. The molecule has 0 spiro atoms. The predicted octanol–water partition coefficient (Wildman–Crippen LogP) is 2.89. The molecular formula is C19H20N4O4S. The number of amides is 2. The zero-order chi connectivity index (χ0) is 19.9. The van der Waals surface area contributed by atoms with E-state index < -0.39 is 0 Å². The van der Waals surface area contributed by atoms with Crippen molar-refractivity contribution >= 4 is 28.8 Å². The fraction of sp³-hybridized carbons (Fsp3) is 0.263. The number of carbonyl (C=O) groups is 2. The number of nitrogens with one attached hydrogen (secondary N) is 2. The number of ether oxygens (including phenoxy) is 1. The fourth-order valence-corrected chi connectivity index (χ4v) is 3.25. The molecule has 0 saturated heterocycles. The standard InChI is InChI=1S/C19H20N4O4S/c1-12(9-15-7-4-8-27-15)20-17(24)13-5-3-6-14(10-13)21-18(25)19-23-22-16(28-19)11-26-2/h3-8,10,12H,9,11H2,1-2H3,(H,20,24)(H,21,25). The van der Waals surface area contributed by atoms with Gasteiger partial charge >= 0.3 is 0 Å². The van der Waals surface area contributed by atoms with Crippen LogP contribution in [0.1, 0.15) is 37.9 Å². The Balaban J connectivity index is 1.60. The third kappa shape index (κ3) is 5.24. The van der Waals surface area contributed by atoms with Crippen LogP contribution in [0.15, 0.2) is 47.1 Å². The Morgan fingerprint density at radius 1 is 1.21 bits per heavy atom. The number of methoxy groups -OCH3 is 1. The van der Waals surface area contributed by atoms with Crippen LogP contribution in [0, 0.1) is 0 Å². The van der Waals surface area contributed by atoms with Crippen LogP contribution in [0.25, 0.3) is 0 Å². The summed E-state index contributed by atoms with van der Waals surface area (Å²) < 4.78 is 10.3. The first kappa shape index (κ1) is 19.7. The summed E-state index contributed by atoms with van der Waals surface area (Å²) in [5, 5.41) is 14.2. The molecule has 8 nitrogen and oxygen atoms in total. The van der Waals surface area contributed by atoms with E-state index in [4.69, 9.17) is 9.15 Å². The van der Waals surface area contributed by atoms with E-state index in [-0.39, 0.29) is 22.9 Å². The molecule has 1 atom stereocenters. The molecule has 0 aliphatic rings. The molecule has 146 valence electrons. The molecule has 0 aliphatic carbocycles. The van der Waals surface area contributed by atoms with E-state index in [1.165, 1.54) is 0 Å². The van der Waals surface area contributed by atoms with Crippen LogP contribution in [0.4, 0.5) is 5.69 Å². The maximum Gasteiger partial charge on any atom is 0.286 e. The van der Waals surface area contributed by atoms with Crippen molar-refractivity contribution in [3.8, 4) is 0 Å². The van der Waals surface area contributed by atoms with Crippen molar-refractivity contribution in [1.82, 2.24) is 15.5 Å². The molecule has 2 N–H and O–H groups in total. The molecule has 0 fully saturated rings. The Labute approximate surface area is 165 Å². The number of benzene rings is 1. The van der Waals surface area contributed by atoms with E-state index in [9.17, 15) is 9.59 Å². The molecule has 1 aromatic carbocycles. The van der Waals surface area contributed by atoms with Crippen molar-refractivity contribution in [2.24, 2.45) is 0 Å². The highest BCUT2D eigenvalue weighted by molar-refractivity contribution is 7.13. The number of rotatable bonds is 8. The van der Waals surface area contributed by atoms with Crippen LogP contribution in [0.2, 0.25) is 0 Å². The maximum absolute atomic E-state index is 12.5. The minimum absolute atomic E-state index is 0.0995. The third-order valence-electron chi connectivity index (χ3n) is 3.78. The van der Waals surface area contributed by atoms with Gasteiger partial charge in [0.2, 0.25) is 5.01 Å². The third-order valence-corrected chi connectivity index (χ3v) is 4.67. The van der Waals surface area contributed by atoms with Gasteiger partial charge in [-0.15, -0.1) is 10.2 Å². The lowest BCUT2D eigenvalue weighted by Crippen LogP contribution is -2.34. The lowest BCUT2D eigenvalue weighted by Gasteiger charge is -2.13. The number of hydrogen-bond donors (Lipinski definition) is 2. The Morgan fingerprint density at radius 2 is 2.07 bits per heavy atom. The van der Waals surface area contributed by atoms with Gasteiger partial charge in [-0.05, 0) is 37.3 Å². The average molecular weight is 400 g/mol. The number of hydrogen-bond acceptors (Lipinski definition) is 7. The van der Waals surface area contributed by atoms with Crippen molar-refractivity contribution < 1.29 is 18.7 Å². The summed E-state index contributed by atoms with van der Waals surface area (Å²) in [5.41, 5.74) is 0.946. The summed E-state index contributed by atoms with van der Waals surface area (Å²) in [6.07, 6.45) is 2.20. The summed E-state index contributed by atoms with van der Waals surface area (Å²) in [6, 6.07) is 10.3. The van der Waals surface area contributed by atoms with Crippen LogP contribution in [0.3, 0.4) is 0 Å². The van der Waals surface area contributed by atoms with Crippen molar-refractivity contribution in [3.63, 3.8) is 0 Å². The van der Waals surface area contributed by atoms with E-state index >= 15 is 0 Å². The highest BCUT2D eigenvalue weighted by Crippen LogP contribution is 2.16. The van der Waals surface area contributed by atoms with Gasteiger partial charge in [-0.3, -0.25) is 9.59 Å². The van der Waals surface area contributed by atoms with Gasteiger partial charge in [0, 0.05) is 30.8 Å². The van der Waals surface area contributed by atoms with Gasteiger partial charge in [0.15, 0.2) is 0 Å². The van der Waals surface area contributed by atoms with E-state index in [0.717, 1.165) is 17.1 Å². The van der Waals surface area contributed by atoms with Crippen LogP contribution in [0.5, 0.6) is 0 Å². The minimum atomic E-state index is -0.386. The summed E-state index contributed by atoms with van der Waals surface area (Å²) in [4.78, 5) is 24.8. The normalized spacial score (nSPS) is 11.8.